The third kappa shape index (κ3) is 4.06. The number of hydrogen-bond acceptors (Lipinski definition) is 7. The zero-order valence-corrected chi connectivity index (χ0v) is 16.6. The van der Waals surface area contributed by atoms with Gasteiger partial charge in [-0.25, -0.2) is 13.1 Å². The zero-order valence-electron chi connectivity index (χ0n) is 15.8. The van der Waals surface area contributed by atoms with Gasteiger partial charge in [0.25, 0.3) is 10.0 Å². The van der Waals surface area contributed by atoms with E-state index in [0.29, 0.717) is 36.0 Å². The van der Waals surface area contributed by atoms with Gasteiger partial charge in [-0.05, 0) is 66.7 Å². The van der Waals surface area contributed by atoms with Crippen LogP contribution in [0.25, 0.3) is 11.4 Å². The quantitative estimate of drug-likeness (QED) is 0.616. The van der Waals surface area contributed by atoms with Gasteiger partial charge in [0, 0.05) is 17.8 Å². The monoisotopic (exact) mass is 403 g/mol. The summed E-state index contributed by atoms with van der Waals surface area (Å²) < 4.78 is 40.7. The van der Waals surface area contributed by atoms with E-state index in [4.69, 9.17) is 9.47 Å². The maximum Gasteiger partial charge on any atom is 0.265 e. The fraction of sp³-hybridized carbons (Fsp3) is 0.278. The maximum absolute atomic E-state index is 13.0. The first-order valence-electron chi connectivity index (χ1n) is 8.68. The number of ether oxygens (including phenoxy) is 2. The van der Waals surface area contributed by atoms with E-state index in [1.807, 2.05) is 13.8 Å². The van der Waals surface area contributed by atoms with Crippen LogP contribution in [0.15, 0.2) is 47.4 Å². The summed E-state index contributed by atoms with van der Waals surface area (Å²) in [6.07, 6.45) is 0. The van der Waals surface area contributed by atoms with E-state index in [0.717, 1.165) is 0 Å². The minimum atomic E-state index is -3.91. The molecule has 1 heterocycles. The first-order valence-corrected chi connectivity index (χ1v) is 10.2. The lowest BCUT2D eigenvalue weighted by Crippen LogP contribution is -2.14. The van der Waals surface area contributed by atoms with Crippen molar-refractivity contribution in [2.45, 2.75) is 25.3 Å². The molecule has 0 bridgehead atoms. The summed E-state index contributed by atoms with van der Waals surface area (Å²) in [5.74, 6) is 1.36. The van der Waals surface area contributed by atoms with Gasteiger partial charge in [-0.3, -0.25) is 4.72 Å². The number of aryl methyl sites for hydroxylation is 1. The smallest absolute Gasteiger partial charge is 0.265 e. The van der Waals surface area contributed by atoms with Crippen molar-refractivity contribution >= 4 is 15.7 Å². The second-order valence-corrected chi connectivity index (χ2v) is 7.40. The predicted molar refractivity (Wildman–Crippen MR) is 104 cm³/mol. The van der Waals surface area contributed by atoms with E-state index in [1.165, 1.54) is 13.2 Å². The van der Waals surface area contributed by atoms with Crippen LogP contribution in [-0.2, 0) is 16.6 Å². The van der Waals surface area contributed by atoms with Crippen LogP contribution in [0.4, 0.5) is 5.69 Å². The molecule has 0 saturated carbocycles. The highest BCUT2D eigenvalue weighted by Gasteiger charge is 2.22. The standard InChI is InChI=1S/C18H21N5O4S/c1-4-23-18(19-21-22-23)13-6-11-16(26-3)17(12-13)28(24,25)20-14-7-9-15(10-8-14)27-5-2/h6-12,20H,4-5H2,1-3H3. The molecule has 0 aliphatic heterocycles. The molecule has 28 heavy (non-hydrogen) atoms. The lowest BCUT2D eigenvalue weighted by molar-refractivity contribution is 0.340. The van der Waals surface area contributed by atoms with Crippen molar-refractivity contribution in [3.8, 4) is 22.9 Å². The Kier molecular flexibility index (Phi) is 5.78. The van der Waals surface area contributed by atoms with Crippen molar-refractivity contribution < 1.29 is 17.9 Å². The molecule has 0 fully saturated rings. The number of rotatable bonds is 8. The van der Waals surface area contributed by atoms with Crippen molar-refractivity contribution in [2.24, 2.45) is 0 Å². The number of tetrazole rings is 1. The first-order chi connectivity index (χ1) is 13.5. The van der Waals surface area contributed by atoms with Crippen LogP contribution in [0.3, 0.4) is 0 Å². The number of sulfonamides is 1. The largest absolute Gasteiger partial charge is 0.495 e. The molecule has 0 aliphatic carbocycles. The van der Waals surface area contributed by atoms with E-state index in [2.05, 4.69) is 20.2 Å². The van der Waals surface area contributed by atoms with E-state index >= 15 is 0 Å². The minimum Gasteiger partial charge on any atom is -0.495 e. The lowest BCUT2D eigenvalue weighted by Gasteiger charge is -2.13. The second-order valence-electron chi connectivity index (χ2n) is 5.75. The van der Waals surface area contributed by atoms with E-state index in [1.54, 1.807) is 41.1 Å². The SMILES string of the molecule is CCOc1ccc(NS(=O)(=O)c2cc(-c3nnnn3CC)ccc2OC)cc1. The van der Waals surface area contributed by atoms with Gasteiger partial charge in [0.1, 0.15) is 16.4 Å². The van der Waals surface area contributed by atoms with Gasteiger partial charge >= 0.3 is 0 Å². The number of anilines is 1. The van der Waals surface area contributed by atoms with Gasteiger partial charge in [0.2, 0.25) is 0 Å². The molecule has 0 radical (unpaired) electrons. The van der Waals surface area contributed by atoms with Crippen molar-refractivity contribution in [2.75, 3.05) is 18.4 Å². The molecule has 2 aromatic carbocycles. The fourth-order valence-corrected chi connectivity index (χ4v) is 3.90. The lowest BCUT2D eigenvalue weighted by atomic mass is 10.2. The average Bonchev–Trinajstić information content (AvgIpc) is 3.18. The number of hydrogen-bond donors (Lipinski definition) is 1. The molecule has 148 valence electrons. The Morgan fingerprint density at radius 1 is 1.11 bits per heavy atom. The molecular formula is C18H21N5O4S. The molecule has 0 saturated heterocycles. The summed E-state index contributed by atoms with van der Waals surface area (Å²) >= 11 is 0. The van der Waals surface area contributed by atoms with E-state index in [9.17, 15) is 8.42 Å². The van der Waals surface area contributed by atoms with Crippen LogP contribution in [0.2, 0.25) is 0 Å². The van der Waals surface area contributed by atoms with Crippen molar-refractivity contribution in [1.82, 2.24) is 20.2 Å². The molecule has 0 amide bonds. The van der Waals surface area contributed by atoms with Crippen LogP contribution in [-0.4, -0.2) is 42.3 Å². The maximum atomic E-state index is 13.0. The summed E-state index contributed by atoms with van der Waals surface area (Å²) in [5.41, 5.74) is 0.981. The van der Waals surface area contributed by atoms with Gasteiger partial charge in [0.15, 0.2) is 5.82 Å². The van der Waals surface area contributed by atoms with Gasteiger partial charge in [-0.2, -0.15) is 0 Å². The summed E-state index contributed by atoms with van der Waals surface area (Å²) in [5, 5.41) is 11.5. The molecule has 0 atom stereocenters. The normalized spacial score (nSPS) is 11.2. The Labute approximate surface area is 163 Å². The predicted octanol–water partition coefficient (Wildman–Crippen LogP) is 2.57. The van der Waals surface area contributed by atoms with Crippen LogP contribution < -0.4 is 14.2 Å². The molecule has 3 aromatic rings. The average molecular weight is 403 g/mol. The molecule has 3 rings (SSSR count). The van der Waals surface area contributed by atoms with Crippen molar-refractivity contribution in [1.29, 1.82) is 0 Å². The van der Waals surface area contributed by atoms with Crippen LogP contribution in [0, 0.1) is 0 Å². The molecule has 10 heteroatoms. The number of nitrogens with one attached hydrogen (secondary N) is 1. The third-order valence-electron chi connectivity index (χ3n) is 3.96. The second kappa shape index (κ2) is 8.26. The van der Waals surface area contributed by atoms with Gasteiger partial charge in [-0.1, -0.05) is 0 Å². The number of methoxy groups -OCH3 is 1. The van der Waals surface area contributed by atoms with Gasteiger partial charge in [-0.15, -0.1) is 5.10 Å². The number of aromatic nitrogens is 4. The summed E-state index contributed by atoms with van der Waals surface area (Å²) in [6.45, 7) is 4.87. The Bertz CT molecular complexity index is 1050. The highest BCUT2D eigenvalue weighted by Crippen LogP contribution is 2.30. The first kappa shape index (κ1) is 19.6. The van der Waals surface area contributed by atoms with Crippen LogP contribution in [0.5, 0.6) is 11.5 Å². The fourth-order valence-electron chi connectivity index (χ4n) is 2.65. The Morgan fingerprint density at radius 2 is 1.86 bits per heavy atom. The molecule has 1 N–H and O–H groups in total. The van der Waals surface area contributed by atoms with E-state index in [-0.39, 0.29) is 10.6 Å². The topological polar surface area (TPSA) is 108 Å². The number of nitrogens with zero attached hydrogens (tertiary/aromatic N) is 4. The molecule has 9 nitrogen and oxygen atoms in total. The molecule has 0 aliphatic rings. The van der Waals surface area contributed by atoms with Crippen LogP contribution in [0.1, 0.15) is 13.8 Å². The summed E-state index contributed by atoms with van der Waals surface area (Å²) in [6, 6.07) is 11.5. The Balaban J connectivity index is 1.96. The molecule has 0 unspecified atom stereocenters. The highest BCUT2D eigenvalue weighted by molar-refractivity contribution is 7.92. The van der Waals surface area contributed by atoms with E-state index < -0.39 is 10.0 Å². The number of benzene rings is 2. The Morgan fingerprint density at radius 3 is 2.50 bits per heavy atom. The van der Waals surface area contributed by atoms with Gasteiger partial charge in [0.05, 0.1) is 13.7 Å². The molecule has 0 spiro atoms. The van der Waals surface area contributed by atoms with Crippen LogP contribution >= 0.6 is 0 Å². The van der Waals surface area contributed by atoms with Crippen molar-refractivity contribution in [3.63, 3.8) is 0 Å². The highest BCUT2D eigenvalue weighted by atomic mass is 32.2. The van der Waals surface area contributed by atoms with Gasteiger partial charge < -0.3 is 9.47 Å². The summed E-state index contributed by atoms with van der Waals surface area (Å²) in [7, 11) is -2.49. The minimum absolute atomic E-state index is 0.00737. The Hall–Kier alpha value is -3.14. The third-order valence-corrected chi connectivity index (χ3v) is 5.36. The summed E-state index contributed by atoms with van der Waals surface area (Å²) in [4.78, 5) is -0.00737. The van der Waals surface area contributed by atoms with Crippen molar-refractivity contribution in [3.05, 3.63) is 42.5 Å². The zero-order chi connectivity index (χ0) is 20.1. The molecular weight excluding hydrogens is 382 g/mol. The molecule has 1 aromatic heterocycles.